The van der Waals surface area contributed by atoms with E-state index in [1.54, 1.807) is 11.8 Å². The van der Waals surface area contributed by atoms with E-state index in [0.717, 1.165) is 26.2 Å². The van der Waals surface area contributed by atoms with Crippen LogP contribution >= 0.6 is 11.8 Å². The highest BCUT2D eigenvalue weighted by Crippen LogP contribution is 2.38. The van der Waals surface area contributed by atoms with Crippen molar-refractivity contribution in [3.63, 3.8) is 0 Å². The third-order valence-corrected chi connectivity index (χ3v) is 7.03. The lowest BCUT2D eigenvalue weighted by molar-refractivity contribution is -0.130. The highest BCUT2D eigenvalue weighted by Gasteiger charge is 2.28. The fraction of sp³-hybridized carbons (Fsp3) is 0.269. The molecule has 0 spiro atoms. The second-order valence-electron chi connectivity index (χ2n) is 7.63. The van der Waals surface area contributed by atoms with Crippen LogP contribution in [0.25, 0.3) is 0 Å². The van der Waals surface area contributed by atoms with Crippen LogP contribution in [-0.4, -0.2) is 42.2 Å². The van der Waals surface area contributed by atoms with Crippen molar-refractivity contribution in [2.24, 2.45) is 0 Å². The number of thioether (sulfide) groups is 1. The summed E-state index contributed by atoms with van der Waals surface area (Å²) >= 11 is 1.75. The van der Waals surface area contributed by atoms with Crippen LogP contribution in [0.15, 0.2) is 91.0 Å². The fourth-order valence-corrected chi connectivity index (χ4v) is 5.25. The summed E-state index contributed by atoms with van der Waals surface area (Å²) in [6.07, 6.45) is 0. The van der Waals surface area contributed by atoms with Gasteiger partial charge in [0.1, 0.15) is 0 Å². The molecule has 3 nitrogen and oxygen atoms in total. The number of rotatable bonds is 6. The van der Waals surface area contributed by atoms with E-state index in [4.69, 9.17) is 0 Å². The molecule has 0 radical (unpaired) electrons. The molecular weight excluding hydrogens is 388 g/mol. The highest BCUT2D eigenvalue weighted by molar-refractivity contribution is 8.01. The van der Waals surface area contributed by atoms with Gasteiger partial charge >= 0.3 is 0 Å². The van der Waals surface area contributed by atoms with Gasteiger partial charge in [0, 0.05) is 31.9 Å². The van der Waals surface area contributed by atoms with Gasteiger partial charge < -0.3 is 9.80 Å². The molecular formula is C26H28N2OS. The Hall–Kier alpha value is -2.72. The number of para-hydroxylation sites is 1. The molecule has 1 aliphatic heterocycles. The van der Waals surface area contributed by atoms with Gasteiger partial charge in [-0.25, -0.2) is 0 Å². The average molecular weight is 417 g/mol. The second-order valence-corrected chi connectivity index (χ2v) is 9.08. The minimum Gasteiger partial charge on any atom is -0.368 e. The maximum absolute atomic E-state index is 13.2. The smallest absolute Gasteiger partial charge is 0.235 e. The van der Waals surface area contributed by atoms with Gasteiger partial charge in [0.25, 0.3) is 0 Å². The minimum atomic E-state index is -0.0984. The first-order chi connectivity index (χ1) is 14.7. The van der Waals surface area contributed by atoms with E-state index in [1.165, 1.54) is 16.8 Å². The van der Waals surface area contributed by atoms with Crippen LogP contribution in [-0.2, 0) is 4.79 Å². The summed E-state index contributed by atoms with van der Waals surface area (Å²) < 4.78 is 0. The number of amides is 1. The van der Waals surface area contributed by atoms with Crippen LogP contribution in [0.5, 0.6) is 0 Å². The van der Waals surface area contributed by atoms with E-state index >= 15 is 0 Å². The van der Waals surface area contributed by atoms with Crippen LogP contribution < -0.4 is 4.90 Å². The lowest BCUT2D eigenvalue weighted by Gasteiger charge is -2.37. The number of piperazine rings is 1. The lowest BCUT2D eigenvalue weighted by atomic mass is 10.0. The largest absolute Gasteiger partial charge is 0.368 e. The van der Waals surface area contributed by atoms with E-state index < -0.39 is 0 Å². The van der Waals surface area contributed by atoms with Gasteiger partial charge in [0.05, 0.1) is 10.5 Å². The molecule has 1 saturated heterocycles. The molecule has 3 aromatic carbocycles. The van der Waals surface area contributed by atoms with Crippen molar-refractivity contribution in [2.45, 2.75) is 17.4 Å². The van der Waals surface area contributed by atoms with Crippen LogP contribution in [0.1, 0.15) is 23.3 Å². The Morgan fingerprint density at radius 2 is 1.20 bits per heavy atom. The Bertz CT molecular complexity index is 886. The molecule has 4 heteroatoms. The van der Waals surface area contributed by atoms with E-state index in [2.05, 4.69) is 84.6 Å². The summed E-state index contributed by atoms with van der Waals surface area (Å²) in [5.74, 6) is 0.240. The number of benzene rings is 3. The molecule has 0 N–H and O–H groups in total. The third-order valence-electron chi connectivity index (χ3n) is 5.61. The van der Waals surface area contributed by atoms with Crippen molar-refractivity contribution >= 4 is 23.4 Å². The quantitative estimate of drug-likeness (QED) is 0.549. The summed E-state index contributed by atoms with van der Waals surface area (Å²) in [5, 5.41) is 0.0515. The molecule has 0 aromatic heterocycles. The van der Waals surface area contributed by atoms with Crippen molar-refractivity contribution in [2.75, 3.05) is 31.1 Å². The number of nitrogens with zero attached hydrogens (tertiary/aromatic N) is 2. The van der Waals surface area contributed by atoms with Crippen LogP contribution in [0, 0.1) is 0 Å². The molecule has 30 heavy (non-hydrogen) atoms. The van der Waals surface area contributed by atoms with E-state index in [0.29, 0.717) is 0 Å². The Labute approximate surface area is 183 Å². The van der Waals surface area contributed by atoms with Gasteiger partial charge in [-0.05, 0) is 30.2 Å². The van der Waals surface area contributed by atoms with E-state index in [-0.39, 0.29) is 16.4 Å². The zero-order valence-corrected chi connectivity index (χ0v) is 18.2. The predicted molar refractivity (Wildman–Crippen MR) is 127 cm³/mol. The van der Waals surface area contributed by atoms with Gasteiger partial charge in [-0.2, -0.15) is 0 Å². The van der Waals surface area contributed by atoms with Crippen LogP contribution in [0.3, 0.4) is 0 Å². The lowest BCUT2D eigenvalue weighted by Crippen LogP contribution is -2.50. The van der Waals surface area contributed by atoms with Gasteiger partial charge in [-0.3, -0.25) is 4.79 Å². The molecule has 4 rings (SSSR count). The molecule has 1 amide bonds. The van der Waals surface area contributed by atoms with E-state index in [9.17, 15) is 4.79 Å². The number of carbonyl (C=O) groups excluding carboxylic acids is 1. The number of carbonyl (C=O) groups is 1. The van der Waals surface area contributed by atoms with Crippen molar-refractivity contribution in [1.82, 2.24) is 4.90 Å². The van der Waals surface area contributed by atoms with E-state index in [1.807, 2.05) is 23.1 Å². The summed E-state index contributed by atoms with van der Waals surface area (Å²) in [6.45, 7) is 5.37. The Balaban J connectivity index is 1.42. The topological polar surface area (TPSA) is 23.6 Å². The molecule has 1 unspecified atom stereocenters. The van der Waals surface area contributed by atoms with Gasteiger partial charge in [0.2, 0.25) is 5.91 Å². The standard InChI is InChI=1S/C26H28N2OS/c1-21(26(29)28-19-17-27(18-20-28)24-15-9-4-10-16-24)30-25(22-11-5-2-6-12-22)23-13-7-3-8-14-23/h2-16,21,25H,17-20H2,1H3. The summed E-state index contributed by atoms with van der Waals surface area (Å²) in [7, 11) is 0. The predicted octanol–water partition coefficient (Wildman–Crippen LogP) is 5.25. The SMILES string of the molecule is CC(SC(c1ccccc1)c1ccccc1)C(=O)N1CCN(c2ccccc2)CC1. The molecule has 0 saturated carbocycles. The Morgan fingerprint density at radius 3 is 1.70 bits per heavy atom. The molecule has 1 heterocycles. The number of anilines is 1. The molecule has 1 fully saturated rings. The maximum atomic E-state index is 13.2. The van der Waals surface area contributed by atoms with Gasteiger partial charge in [0.15, 0.2) is 0 Å². The van der Waals surface area contributed by atoms with Gasteiger partial charge in [-0.1, -0.05) is 78.9 Å². The molecule has 3 aromatic rings. The summed E-state index contributed by atoms with van der Waals surface area (Å²) in [4.78, 5) is 17.6. The molecule has 1 atom stereocenters. The Morgan fingerprint density at radius 1 is 0.733 bits per heavy atom. The molecule has 0 bridgehead atoms. The van der Waals surface area contributed by atoms with Gasteiger partial charge in [-0.15, -0.1) is 11.8 Å². The average Bonchev–Trinajstić information content (AvgIpc) is 2.83. The fourth-order valence-electron chi connectivity index (χ4n) is 3.95. The monoisotopic (exact) mass is 416 g/mol. The maximum Gasteiger partial charge on any atom is 0.235 e. The Kier molecular flexibility index (Phi) is 6.75. The molecule has 0 aliphatic carbocycles. The minimum absolute atomic E-state index is 0.0984. The zero-order chi connectivity index (χ0) is 20.8. The summed E-state index contributed by atoms with van der Waals surface area (Å²) in [6, 6.07) is 31.4. The first-order valence-corrected chi connectivity index (χ1v) is 11.5. The second kappa shape index (κ2) is 9.86. The normalized spacial score (nSPS) is 15.3. The number of hydrogen-bond acceptors (Lipinski definition) is 3. The summed E-state index contributed by atoms with van der Waals surface area (Å²) in [5.41, 5.74) is 3.71. The van der Waals surface area contributed by atoms with Crippen molar-refractivity contribution in [1.29, 1.82) is 0 Å². The van der Waals surface area contributed by atoms with Crippen molar-refractivity contribution in [3.05, 3.63) is 102 Å². The first-order valence-electron chi connectivity index (χ1n) is 10.6. The van der Waals surface area contributed by atoms with Crippen molar-refractivity contribution < 1.29 is 4.79 Å². The van der Waals surface area contributed by atoms with Crippen molar-refractivity contribution in [3.8, 4) is 0 Å². The molecule has 1 aliphatic rings. The highest BCUT2D eigenvalue weighted by atomic mass is 32.2. The van der Waals surface area contributed by atoms with Crippen LogP contribution in [0.4, 0.5) is 5.69 Å². The first kappa shape index (κ1) is 20.5. The zero-order valence-electron chi connectivity index (χ0n) is 17.4. The molecule has 154 valence electrons. The third kappa shape index (κ3) is 4.88. The number of hydrogen-bond donors (Lipinski definition) is 0. The van der Waals surface area contributed by atoms with Crippen LogP contribution in [0.2, 0.25) is 0 Å².